The van der Waals surface area contributed by atoms with E-state index in [-0.39, 0.29) is 6.10 Å². The van der Waals surface area contributed by atoms with E-state index >= 15 is 0 Å². The van der Waals surface area contributed by atoms with E-state index in [1.807, 2.05) is 12.2 Å². The van der Waals surface area contributed by atoms with Crippen LogP contribution in [0.1, 0.15) is 19.3 Å². The van der Waals surface area contributed by atoms with Crippen molar-refractivity contribution in [2.24, 2.45) is 0 Å². The van der Waals surface area contributed by atoms with Gasteiger partial charge in [-0.2, -0.15) is 0 Å². The maximum absolute atomic E-state index is 8.47. The number of hydrogen-bond acceptors (Lipinski definition) is 3. The van der Waals surface area contributed by atoms with E-state index in [1.165, 1.54) is 0 Å². The lowest BCUT2D eigenvalue weighted by Crippen LogP contribution is -2.08. The molecule has 3 nitrogen and oxygen atoms in total. The summed E-state index contributed by atoms with van der Waals surface area (Å²) in [7, 11) is -2.17. The summed E-state index contributed by atoms with van der Waals surface area (Å²) in [4.78, 5) is 16.9. The molecule has 0 aromatic heterocycles. The zero-order valence-corrected chi connectivity index (χ0v) is 6.50. The highest BCUT2D eigenvalue weighted by Crippen LogP contribution is 2.30. The molecule has 0 heterocycles. The second kappa shape index (κ2) is 4.04. The van der Waals surface area contributed by atoms with Crippen LogP contribution < -0.4 is 0 Å². The second-order valence-electron chi connectivity index (χ2n) is 2.26. The van der Waals surface area contributed by atoms with Crippen LogP contribution in [0.15, 0.2) is 12.2 Å². The van der Waals surface area contributed by atoms with Crippen molar-refractivity contribution in [2.45, 2.75) is 25.4 Å². The molecule has 1 unspecified atom stereocenters. The Labute approximate surface area is 61.3 Å². The van der Waals surface area contributed by atoms with Gasteiger partial charge in [0.05, 0.1) is 6.10 Å². The van der Waals surface area contributed by atoms with Gasteiger partial charge in [-0.1, -0.05) is 12.2 Å². The minimum atomic E-state index is -2.17. The standard InChI is InChI=1S/C6H11O3P/c7-10(8)9-6-4-2-1-3-5-6/h2,4,6-8H,1,3,5H2. The van der Waals surface area contributed by atoms with Crippen molar-refractivity contribution in [3.8, 4) is 0 Å². The second-order valence-corrected chi connectivity index (χ2v) is 2.97. The average Bonchev–Trinajstić information content (AvgIpc) is 1.88. The van der Waals surface area contributed by atoms with Gasteiger partial charge in [-0.05, 0) is 19.3 Å². The normalized spacial score (nSPS) is 25.7. The fourth-order valence-electron chi connectivity index (χ4n) is 0.990. The third kappa shape index (κ3) is 2.76. The molecule has 0 bridgehead atoms. The lowest BCUT2D eigenvalue weighted by Gasteiger charge is -2.16. The van der Waals surface area contributed by atoms with Crippen molar-refractivity contribution in [3.05, 3.63) is 12.2 Å². The monoisotopic (exact) mass is 162 g/mol. The first-order valence-electron chi connectivity index (χ1n) is 3.30. The summed E-state index contributed by atoms with van der Waals surface area (Å²) in [5.41, 5.74) is 0. The average molecular weight is 162 g/mol. The van der Waals surface area contributed by atoms with Gasteiger partial charge in [-0.3, -0.25) is 0 Å². The highest BCUT2D eigenvalue weighted by molar-refractivity contribution is 7.39. The molecule has 0 saturated heterocycles. The van der Waals surface area contributed by atoms with Gasteiger partial charge in [0, 0.05) is 0 Å². The third-order valence-corrected chi connectivity index (χ3v) is 1.90. The Hall–Kier alpha value is 0.0500. The largest absolute Gasteiger partial charge is 0.328 e. The van der Waals surface area contributed by atoms with Crippen LogP contribution in [0.25, 0.3) is 0 Å². The van der Waals surface area contributed by atoms with Crippen LogP contribution in [-0.2, 0) is 4.52 Å². The van der Waals surface area contributed by atoms with Gasteiger partial charge in [-0.25, -0.2) is 0 Å². The van der Waals surface area contributed by atoms with Crippen LogP contribution in [0, 0.1) is 0 Å². The summed E-state index contributed by atoms with van der Waals surface area (Å²) in [5.74, 6) is 0. The molecular weight excluding hydrogens is 151 g/mol. The predicted molar refractivity (Wildman–Crippen MR) is 39.2 cm³/mol. The van der Waals surface area contributed by atoms with Gasteiger partial charge in [0.1, 0.15) is 0 Å². The molecule has 1 rings (SSSR count). The highest BCUT2D eigenvalue weighted by atomic mass is 31.2. The Morgan fingerprint density at radius 3 is 2.80 bits per heavy atom. The Kier molecular flexibility index (Phi) is 3.29. The van der Waals surface area contributed by atoms with Crippen molar-refractivity contribution >= 4 is 8.60 Å². The van der Waals surface area contributed by atoms with Crippen LogP contribution in [0.2, 0.25) is 0 Å². The molecule has 4 heteroatoms. The van der Waals surface area contributed by atoms with Crippen LogP contribution in [-0.4, -0.2) is 15.9 Å². The molecule has 0 radical (unpaired) electrons. The van der Waals surface area contributed by atoms with Crippen molar-refractivity contribution in [1.82, 2.24) is 0 Å². The molecule has 1 atom stereocenters. The molecule has 0 spiro atoms. The number of allylic oxidation sites excluding steroid dienone is 1. The Bertz CT molecular complexity index is 124. The fraction of sp³-hybridized carbons (Fsp3) is 0.667. The SMILES string of the molecule is OP(O)OC1C=CCCC1. The zero-order chi connectivity index (χ0) is 7.40. The number of rotatable bonds is 2. The molecule has 10 heavy (non-hydrogen) atoms. The van der Waals surface area contributed by atoms with Crippen LogP contribution >= 0.6 is 8.60 Å². The van der Waals surface area contributed by atoms with E-state index in [2.05, 4.69) is 0 Å². The van der Waals surface area contributed by atoms with Gasteiger partial charge in [-0.15, -0.1) is 0 Å². The lowest BCUT2D eigenvalue weighted by molar-refractivity contribution is 0.193. The summed E-state index contributed by atoms with van der Waals surface area (Å²) in [6, 6.07) is 0. The van der Waals surface area contributed by atoms with E-state index in [4.69, 9.17) is 14.3 Å². The zero-order valence-electron chi connectivity index (χ0n) is 5.60. The van der Waals surface area contributed by atoms with E-state index < -0.39 is 8.60 Å². The lowest BCUT2D eigenvalue weighted by atomic mass is 10.1. The van der Waals surface area contributed by atoms with Crippen LogP contribution in [0.4, 0.5) is 0 Å². The van der Waals surface area contributed by atoms with Gasteiger partial charge >= 0.3 is 8.60 Å². The first-order valence-corrected chi connectivity index (χ1v) is 4.47. The topological polar surface area (TPSA) is 49.7 Å². The molecule has 0 fully saturated rings. The van der Waals surface area contributed by atoms with Gasteiger partial charge in [0.2, 0.25) is 0 Å². The minimum Gasteiger partial charge on any atom is -0.328 e. The molecule has 0 aliphatic heterocycles. The molecule has 0 saturated carbocycles. The maximum atomic E-state index is 8.47. The highest BCUT2D eigenvalue weighted by Gasteiger charge is 2.12. The van der Waals surface area contributed by atoms with E-state index in [1.54, 1.807) is 0 Å². The maximum Gasteiger partial charge on any atom is 0.327 e. The smallest absolute Gasteiger partial charge is 0.327 e. The van der Waals surface area contributed by atoms with Crippen LogP contribution in [0.3, 0.4) is 0 Å². The van der Waals surface area contributed by atoms with Gasteiger partial charge < -0.3 is 14.3 Å². The molecule has 1 aliphatic carbocycles. The Morgan fingerprint density at radius 1 is 1.50 bits per heavy atom. The molecule has 1 aliphatic rings. The Morgan fingerprint density at radius 2 is 2.30 bits per heavy atom. The van der Waals surface area contributed by atoms with E-state index in [0.29, 0.717) is 0 Å². The van der Waals surface area contributed by atoms with Gasteiger partial charge in [0.25, 0.3) is 0 Å². The fourth-order valence-corrected chi connectivity index (χ4v) is 1.41. The minimum absolute atomic E-state index is 0.0742. The summed E-state index contributed by atoms with van der Waals surface area (Å²) in [6.45, 7) is 0. The summed E-state index contributed by atoms with van der Waals surface area (Å²) < 4.78 is 4.78. The molecule has 0 aromatic rings. The molecule has 2 N–H and O–H groups in total. The summed E-state index contributed by atoms with van der Waals surface area (Å²) in [6.07, 6.45) is 6.86. The van der Waals surface area contributed by atoms with Crippen LogP contribution in [0.5, 0.6) is 0 Å². The van der Waals surface area contributed by atoms with Crippen molar-refractivity contribution in [3.63, 3.8) is 0 Å². The molecule has 58 valence electrons. The first kappa shape index (κ1) is 8.15. The van der Waals surface area contributed by atoms with E-state index in [0.717, 1.165) is 19.3 Å². The van der Waals surface area contributed by atoms with Crippen molar-refractivity contribution in [1.29, 1.82) is 0 Å². The third-order valence-electron chi connectivity index (χ3n) is 1.44. The predicted octanol–water partition coefficient (Wildman–Crippen LogP) is 1.32. The molecular formula is C6H11O3P. The summed E-state index contributed by atoms with van der Waals surface area (Å²) >= 11 is 0. The molecule has 0 amide bonds. The van der Waals surface area contributed by atoms with Crippen molar-refractivity contribution in [2.75, 3.05) is 0 Å². The first-order chi connectivity index (χ1) is 4.79. The van der Waals surface area contributed by atoms with Gasteiger partial charge in [0.15, 0.2) is 0 Å². The quantitative estimate of drug-likeness (QED) is 0.475. The number of hydrogen-bond donors (Lipinski definition) is 2. The Balaban J connectivity index is 2.26. The molecule has 0 aromatic carbocycles. The van der Waals surface area contributed by atoms with E-state index in [9.17, 15) is 0 Å². The van der Waals surface area contributed by atoms with Crippen molar-refractivity contribution < 1.29 is 14.3 Å². The summed E-state index contributed by atoms with van der Waals surface area (Å²) in [5, 5.41) is 0.